The predicted molar refractivity (Wildman–Crippen MR) is 105 cm³/mol. The Hall–Kier alpha value is -2.50. The molecule has 0 spiro atoms. The number of carboxylic acid groups (broad SMARTS) is 1. The Labute approximate surface area is 166 Å². The van der Waals surface area contributed by atoms with Crippen molar-refractivity contribution >= 4 is 29.3 Å². The summed E-state index contributed by atoms with van der Waals surface area (Å²) in [5.41, 5.74) is 3.69. The average Bonchev–Trinajstić information content (AvgIpc) is 3.04. The highest BCUT2D eigenvalue weighted by Gasteiger charge is 2.26. The molecule has 1 aromatic heterocycles. The van der Waals surface area contributed by atoms with Crippen LogP contribution in [0, 0.1) is 13.3 Å². The standard InChI is InChI=1S/C20H17Cl2N2O3/c1-12-18(19(27-24-12)14-8-6-13(11-21)7-9-14)17(23-20(25)26)10-15-4-2-3-5-16(15)22/h2-10,17,23H,11H2,1H3,(H,25,26)/t17-/m1/s1. The summed E-state index contributed by atoms with van der Waals surface area (Å²) in [5.74, 6) is 0.905. The lowest BCUT2D eigenvalue weighted by Gasteiger charge is -2.18. The van der Waals surface area contributed by atoms with Crippen molar-refractivity contribution in [1.29, 1.82) is 0 Å². The molecule has 0 unspecified atom stereocenters. The van der Waals surface area contributed by atoms with E-state index in [1.807, 2.05) is 42.5 Å². The Morgan fingerprint density at radius 3 is 2.59 bits per heavy atom. The summed E-state index contributed by atoms with van der Waals surface area (Å²) >= 11 is 12.1. The number of hydrogen-bond acceptors (Lipinski definition) is 3. The maximum Gasteiger partial charge on any atom is 0.405 e. The quantitative estimate of drug-likeness (QED) is 0.524. The van der Waals surface area contributed by atoms with Crippen molar-refractivity contribution in [2.75, 3.05) is 0 Å². The number of amides is 1. The van der Waals surface area contributed by atoms with Gasteiger partial charge < -0.3 is 14.9 Å². The van der Waals surface area contributed by atoms with Crippen LogP contribution in [0.4, 0.5) is 4.79 Å². The number of nitrogens with zero attached hydrogens (tertiary/aromatic N) is 1. The van der Waals surface area contributed by atoms with Gasteiger partial charge >= 0.3 is 6.09 Å². The number of aryl methyl sites for hydroxylation is 1. The minimum Gasteiger partial charge on any atom is -0.465 e. The highest BCUT2D eigenvalue weighted by atomic mass is 35.5. The van der Waals surface area contributed by atoms with E-state index >= 15 is 0 Å². The maximum atomic E-state index is 11.4. The molecular formula is C20H17Cl2N2O3. The normalized spacial score (nSPS) is 12.0. The van der Waals surface area contributed by atoms with Crippen LogP contribution in [-0.2, 0) is 5.88 Å². The second-order valence-corrected chi connectivity index (χ2v) is 6.63. The van der Waals surface area contributed by atoms with Crippen LogP contribution in [0.1, 0.15) is 28.4 Å². The van der Waals surface area contributed by atoms with Gasteiger partial charge in [0.2, 0.25) is 0 Å². The first kappa shape index (κ1) is 19.3. The lowest BCUT2D eigenvalue weighted by Crippen LogP contribution is -2.28. The number of alkyl halides is 1. The Kier molecular flexibility index (Phi) is 6.04. The van der Waals surface area contributed by atoms with Crippen molar-refractivity contribution in [3.05, 3.63) is 82.4 Å². The van der Waals surface area contributed by atoms with E-state index in [4.69, 9.17) is 27.7 Å². The van der Waals surface area contributed by atoms with Crippen LogP contribution in [0.15, 0.2) is 53.1 Å². The minimum absolute atomic E-state index is 0.409. The summed E-state index contributed by atoms with van der Waals surface area (Å²) in [6.45, 7) is 1.77. The van der Waals surface area contributed by atoms with Crippen molar-refractivity contribution in [1.82, 2.24) is 10.5 Å². The van der Waals surface area contributed by atoms with Gasteiger partial charge in [0.25, 0.3) is 0 Å². The van der Waals surface area contributed by atoms with Gasteiger partial charge in [-0.05, 0) is 24.1 Å². The summed E-state index contributed by atoms with van der Waals surface area (Å²) in [6, 6.07) is 14.0. The number of nitrogens with one attached hydrogen (secondary N) is 1. The number of benzene rings is 2. The predicted octanol–water partition coefficient (Wildman–Crippen LogP) is 5.60. The van der Waals surface area contributed by atoms with E-state index in [9.17, 15) is 9.90 Å². The lowest BCUT2D eigenvalue weighted by atomic mass is 9.94. The molecule has 0 aliphatic heterocycles. The third-order valence-corrected chi connectivity index (χ3v) is 4.77. The Bertz CT molecular complexity index is 939. The highest BCUT2D eigenvalue weighted by Crippen LogP contribution is 2.35. The molecule has 2 aromatic carbocycles. The first-order valence-electron chi connectivity index (χ1n) is 8.20. The lowest BCUT2D eigenvalue weighted by molar-refractivity contribution is 0.191. The summed E-state index contributed by atoms with van der Waals surface area (Å²) in [5, 5.41) is 16.4. The molecule has 0 aliphatic carbocycles. The second-order valence-electron chi connectivity index (χ2n) is 5.96. The molecule has 1 atom stereocenters. The first-order chi connectivity index (χ1) is 13.0. The van der Waals surface area contributed by atoms with E-state index in [0.29, 0.717) is 33.5 Å². The maximum absolute atomic E-state index is 11.4. The zero-order valence-electron chi connectivity index (χ0n) is 14.4. The van der Waals surface area contributed by atoms with Gasteiger partial charge in [0, 0.05) is 28.5 Å². The second kappa shape index (κ2) is 8.46. The molecule has 3 rings (SSSR count). The number of carbonyl (C=O) groups is 1. The van der Waals surface area contributed by atoms with Gasteiger partial charge in [0.15, 0.2) is 5.76 Å². The molecule has 0 aliphatic rings. The van der Waals surface area contributed by atoms with Crippen molar-refractivity contribution in [2.45, 2.75) is 18.8 Å². The van der Waals surface area contributed by atoms with Crippen LogP contribution >= 0.6 is 23.2 Å². The Morgan fingerprint density at radius 2 is 1.96 bits per heavy atom. The Morgan fingerprint density at radius 1 is 1.26 bits per heavy atom. The van der Waals surface area contributed by atoms with Crippen molar-refractivity contribution < 1.29 is 14.4 Å². The third-order valence-electron chi connectivity index (χ3n) is 4.12. The van der Waals surface area contributed by atoms with Crippen LogP contribution < -0.4 is 5.32 Å². The van der Waals surface area contributed by atoms with Crippen LogP contribution in [-0.4, -0.2) is 16.4 Å². The summed E-state index contributed by atoms with van der Waals surface area (Å²) in [4.78, 5) is 11.4. The van der Waals surface area contributed by atoms with Crippen molar-refractivity contribution in [3.63, 3.8) is 0 Å². The molecular weight excluding hydrogens is 387 g/mol. The van der Waals surface area contributed by atoms with E-state index in [0.717, 1.165) is 11.1 Å². The van der Waals surface area contributed by atoms with Gasteiger partial charge in [-0.15, -0.1) is 11.6 Å². The highest BCUT2D eigenvalue weighted by molar-refractivity contribution is 6.31. The van der Waals surface area contributed by atoms with Crippen molar-refractivity contribution in [2.24, 2.45) is 0 Å². The third kappa shape index (κ3) is 4.43. The van der Waals surface area contributed by atoms with E-state index in [1.165, 1.54) is 0 Å². The molecule has 1 amide bonds. The summed E-state index contributed by atoms with van der Waals surface area (Å²) < 4.78 is 5.52. The smallest absolute Gasteiger partial charge is 0.405 e. The monoisotopic (exact) mass is 403 g/mol. The fourth-order valence-corrected chi connectivity index (χ4v) is 3.19. The SMILES string of the molecule is Cc1noc(-c2ccc(CCl)cc2)c1[C@@H]([CH]c1ccccc1Cl)NC(=O)O. The molecule has 7 heteroatoms. The van der Waals surface area contributed by atoms with Crippen LogP contribution in [0.2, 0.25) is 5.02 Å². The fraction of sp³-hybridized carbons (Fsp3) is 0.150. The molecule has 5 nitrogen and oxygen atoms in total. The fourth-order valence-electron chi connectivity index (χ4n) is 2.82. The molecule has 139 valence electrons. The van der Waals surface area contributed by atoms with Gasteiger partial charge in [-0.1, -0.05) is 59.2 Å². The molecule has 1 radical (unpaired) electrons. The average molecular weight is 404 g/mol. The zero-order chi connectivity index (χ0) is 19.4. The Balaban J connectivity index is 2.02. The number of rotatable bonds is 6. The zero-order valence-corrected chi connectivity index (χ0v) is 16.0. The van der Waals surface area contributed by atoms with Gasteiger partial charge in [-0.3, -0.25) is 0 Å². The molecule has 27 heavy (non-hydrogen) atoms. The molecule has 1 heterocycles. The summed E-state index contributed by atoms with van der Waals surface area (Å²) in [7, 11) is 0. The van der Waals surface area contributed by atoms with E-state index < -0.39 is 12.1 Å². The largest absolute Gasteiger partial charge is 0.465 e. The molecule has 3 aromatic rings. The van der Waals surface area contributed by atoms with E-state index in [-0.39, 0.29) is 0 Å². The van der Waals surface area contributed by atoms with Crippen LogP contribution in [0.25, 0.3) is 11.3 Å². The minimum atomic E-state index is -1.16. The van der Waals surface area contributed by atoms with Gasteiger partial charge in [0.05, 0.1) is 11.7 Å². The van der Waals surface area contributed by atoms with Gasteiger partial charge in [-0.2, -0.15) is 0 Å². The molecule has 0 bridgehead atoms. The number of halogens is 2. The van der Waals surface area contributed by atoms with Crippen molar-refractivity contribution in [3.8, 4) is 11.3 Å². The topological polar surface area (TPSA) is 75.4 Å². The van der Waals surface area contributed by atoms with Gasteiger partial charge in [0.1, 0.15) is 0 Å². The summed E-state index contributed by atoms with van der Waals surface area (Å²) in [6.07, 6.45) is 0.583. The van der Waals surface area contributed by atoms with E-state index in [2.05, 4.69) is 10.5 Å². The van der Waals surface area contributed by atoms with Crippen LogP contribution in [0.5, 0.6) is 0 Å². The first-order valence-corrected chi connectivity index (χ1v) is 9.11. The van der Waals surface area contributed by atoms with Crippen LogP contribution in [0.3, 0.4) is 0 Å². The van der Waals surface area contributed by atoms with E-state index in [1.54, 1.807) is 19.4 Å². The van der Waals surface area contributed by atoms with Gasteiger partial charge in [-0.25, -0.2) is 4.79 Å². The number of aromatic nitrogens is 1. The molecule has 2 N–H and O–H groups in total. The molecule has 0 fully saturated rings. The molecule has 0 saturated heterocycles. The molecule has 0 saturated carbocycles. The number of hydrogen-bond donors (Lipinski definition) is 2.